The second kappa shape index (κ2) is 12.6. The van der Waals surface area contributed by atoms with Crippen LogP contribution in [0.1, 0.15) is 46.8 Å². The largest absolute Gasteiger partial charge is 0.496 e. The number of benzene rings is 3. The molecule has 234 valence electrons. The number of aryl methyl sites for hydroxylation is 1. The third-order valence-corrected chi connectivity index (χ3v) is 9.10. The molecule has 46 heavy (non-hydrogen) atoms. The molecule has 2 aliphatic rings. The number of aromatic nitrogens is 4. The first-order valence-corrected chi connectivity index (χ1v) is 15.6. The molecular weight excluding hydrogens is 583 g/mol. The van der Waals surface area contributed by atoms with Crippen LogP contribution in [0.2, 0.25) is 0 Å². The molecule has 1 fully saturated rings. The van der Waals surface area contributed by atoms with Crippen molar-refractivity contribution < 1.29 is 18.7 Å². The lowest BCUT2D eigenvalue weighted by atomic mass is 9.93. The number of para-hydroxylation sites is 1. The fraction of sp³-hybridized carbons (Fsp3) is 0.278. The Kier molecular flexibility index (Phi) is 8.09. The van der Waals surface area contributed by atoms with Crippen molar-refractivity contribution in [2.75, 3.05) is 33.3 Å². The molecule has 3 aromatic carbocycles. The number of hydrogen-bond donors (Lipinski definition) is 1. The van der Waals surface area contributed by atoms with E-state index in [1.54, 1.807) is 35.2 Å². The van der Waals surface area contributed by atoms with Crippen LogP contribution < -0.4 is 4.74 Å². The molecule has 7 rings (SSSR count). The van der Waals surface area contributed by atoms with Gasteiger partial charge in [-0.25, -0.2) is 4.39 Å². The van der Waals surface area contributed by atoms with E-state index in [4.69, 9.17) is 4.74 Å². The number of hydrogen-bond acceptors (Lipinski definition) is 5. The number of methoxy groups -OCH3 is 1. The van der Waals surface area contributed by atoms with E-state index in [2.05, 4.69) is 27.4 Å². The van der Waals surface area contributed by atoms with Gasteiger partial charge in [-0.1, -0.05) is 59.8 Å². The highest BCUT2D eigenvalue weighted by Gasteiger charge is 2.30. The summed E-state index contributed by atoms with van der Waals surface area (Å²) in [7, 11) is 1.61. The summed E-state index contributed by atoms with van der Waals surface area (Å²) in [5, 5.41) is 8.34. The van der Waals surface area contributed by atoms with Crippen LogP contribution >= 0.6 is 0 Å². The van der Waals surface area contributed by atoms with Crippen molar-refractivity contribution in [3.63, 3.8) is 0 Å². The van der Waals surface area contributed by atoms with E-state index in [9.17, 15) is 9.59 Å². The number of likely N-dealkylation sites (tertiary alicyclic amines) is 1. The van der Waals surface area contributed by atoms with E-state index >= 15 is 4.39 Å². The maximum Gasteiger partial charge on any atom is 0.270 e. The number of ether oxygens (including phenoxy) is 1. The summed E-state index contributed by atoms with van der Waals surface area (Å²) >= 11 is 0. The zero-order valence-corrected chi connectivity index (χ0v) is 25.7. The smallest absolute Gasteiger partial charge is 0.270 e. The first-order chi connectivity index (χ1) is 22.5. The lowest BCUT2D eigenvalue weighted by Crippen LogP contribution is -2.36. The summed E-state index contributed by atoms with van der Waals surface area (Å²) < 4.78 is 23.9. The number of carbonyl (C=O) groups excluding carboxylic acids is 2. The minimum absolute atomic E-state index is 0.0280. The van der Waals surface area contributed by atoms with Crippen LogP contribution in [0.15, 0.2) is 85.2 Å². The molecule has 1 N–H and O–H groups in total. The van der Waals surface area contributed by atoms with E-state index < -0.39 is 5.82 Å². The van der Waals surface area contributed by atoms with Crippen LogP contribution in [0, 0.1) is 5.82 Å². The molecule has 4 heterocycles. The third kappa shape index (κ3) is 5.66. The van der Waals surface area contributed by atoms with Crippen molar-refractivity contribution in [2.45, 2.75) is 31.7 Å². The van der Waals surface area contributed by atoms with Gasteiger partial charge in [-0.05, 0) is 47.7 Å². The summed E-state index contributed by atoms with van der Waals surface area (Å²) in [6.45, 7) is 2.51. The number of halogens is 1. The second-order valence-corrected chi connectivity index (χ2v) is 11.9. The highest BCUT2D eigenvalue weighted by molar-refractivity contribution is 6.05. The summed E-state index contributed by atoms with van der Waals surface area (Å²) in [5.74, 6) is 0.284. The molecule has 0 bridgehead atoms. The van der Waals surface area contributed by atoms with Gasteiger partial charge in [0.15, 0.2) is 5.82 Å². The van der Waals surface area contributed by atoms with Crippen LogP contribution in [-0.4, -0.2) is 74.9 Å². The van der Waals surface area contributed by atoms with Crippen LogP contribution in [0.3, 0.4) is 0 Å². The van der Waals surface area contributed by atoms with Crippen LogP contribution in [0.5, 0.6) is 5.75 Å². The van der Waals surface area contributed by atoms with E-state index in [1.165, 1.54) is 5.56 Å². The average molecular weight is 619 g/mol. The molecule has 5 aromatic rings. The number of aromatic amines is 1. The molecule has 10 heteroatoms. The summed E-state index contributed by atoms with van der Waals surface area (Å²) in [6, 6.07) is 21.4. The Morgan fingerprint density at radius 3 is 2.63 bits per heavy atom. The summed E-state index contributed by atoms with van der Waals surface area (Å²) in [4.78, 5) is 33.7. The summed E-state index contributed by atoms with van der Waals surface area (Å²) in [6.07, 6.45) is 7.06. The van der Waals surface area contributed by atoms with E-state index in [0.717, 1.165) is 23.1 Å². The van der Waals surface area contributed by atoms with Gasteiger partial charge in [0, 0.05) is 61.2 Å². The molecule has 0 unspecified atom stereocenters. The molecule has 1 atom stereocenters. The quantitative estimate of drug-likeness (QED) is 0.233. The average Bonchev–Trinajstić information content (AvgIpc) is 3.90. The predicted molar refractivity (Wildman–Crippen MR) is 174 cm³/mol. The highest BCUT2D eigenvalue weighted by atomic mass is 19.1. The molecule has 2 aromatic heterocycles. The van der Waals surface area contributed by atoms with Crippen LogP contribution in [0.4, 0.5) is 4.39 Å². The zero-order chi connectivity index (χ0) is 31.6. The van der Waals surface area contributed by atoms with Gasteiger partial charge in [0.25, 0.3) is 5.91 Å². The Hall–Kier alpha value is -5.25. The molecule has 0 saturated carbocycles. The third-order valence-electron chi connectivity index (χ3n) is 9.10. The van der Waals surface area contributed by atoms with Gasteiger partial charge in [-0.2, -0.15) is 0 Å². The monoisotopic (exact) mass is 618 g/mol. The molecule has 2 amide bonds. The first-order valence-electron chi connectivity index (χ1n) is 15.6. The minimum atomic E-state index is -0.445. The van der Waals surface area contributed by atoms with Gasteiger partial charge < -0.3 is 19.5 Å². The molecule has 1 saturated heterocycles. The second-order valence-electron chi connectivity index (χ2n) is 11.9. The van der Waals surface area contributed by atoms with Gasteiger partial charge in [0.05, 0.1) is 25.4 Å². The minimum Gasteiger partial charge on any atom is -0.496 e. The molecular formula is C36H35FN6O3. The van der Waals surface area contributed by atoms with Crippen molar-refractivity contribution >= 4 is 28.3 Å². The maximum atomic E-state index is 16.6. The Bertz CT molecular complexity index is 1920. The van der Waals surface area contributed by atoms with Gasteiger partial charge in [-0.15, -0.1) is 5.10 Å². The Morgan fingerprint density at radius 2 is 1.83 bits per heavy atom. The SMILES string of the molecule is COc1ccccc1-c1cc(C2=CCCN(C(=O)CCn3ccnn3)C2)c(F)c2[nH]c(C(=O)N3CC[C@H](c4ccccc4)C3)cc12. The van der Waals surface area contributed by atoms with Gasteiger partial charge in [-0.3, -0.25) is 14.3 Å². The Labute approximate surface area is 266 Å². The van der Waals surface area contributed by atoms with Gasteiger partial charge in [0.1, 0.15) is 11.4 Å². The van der Waals surface area contributed by atoms with Crippen LogP contribution in [-0.2, 0) is 11.3 Å². The van der Waals surface area contributed by atoms with Crippen molar-refractivity contribution in [3.8, 4) is 16.9 Å². The van der Waals surface area contributed by atoms with Gasteiger partial charge in [0.2, 0.25) is 5.91 Å². The molecule has 0 aliphatic carbocycles. The predicted octanol–water partition coefficient (Wildman–Crippen LogP) is 5.91. The summed E-state index contributed by atoms with van der Waals surface area (Å²) in [5.41, 5.74) is 4.48. The molecule has 2 aliphatic heterocycles. The van der Waals surface area contributed by atoms with E-state index in [0.29, 0.717) is 55.0 Å². The normalized spacial score (nSPS) is 16.6. The standard InChI is InChI=1S/C36H35FN6O3/c1-46-32-12-6-5-11-27(32)29-20-28(26-10-7-16-41(23-26)33(44)14-18-43-19-15-38-40-43)34(37)35-30(29)21-31(39-35)36(45)42-17-13-25(22-42)24-8-3-2-4-9-24/h2-6,8-12,15,19-21,25,39H,7,13-14,16-18,22-23H2,1H3/t25-/m0/s1. The van der Waals surface area contributed by atoms with Crippen molar-refractivity contribution in [1.82, 2.24) is 29.8 Å². The molecule has 0 spiro atoms. The van der Waals surface area contributed by atoms with Crippen LogP contribution in [0.25, 0.3) is 27.6 Å². The first kappa shape index (κ1) is 29.5. The fourth-order valence-corrected chi connectivity index (χ4v) is 6.68. The number of nitrogens with zero attached hydrogens (tertiary/aromatic N) is 5. The number of fused-ring (bicyclic) bond motifs is 1. The number of nitrogens with one attached hydrogen (secondary N) is 1. The fourth-order valence-electron chi connectivity index (χ4n) is 6.68. The van der Waals surface area contributed by atoms with E-state index in [1.807, 2.05) is 59.5 Å². The Morgan fingerprint density at radius 1 is 1.00 bits per heavy atom. The van der Waals surface area contributed by atoms with Gasteiger partial charge >= 0.3 is 0 Å². The number of amides is 2. The number of H-pyrrole nitrogens is 1. The van der Waals surface area contributed by atoms with Crippen molar-refractivity contribution in [1.29, 1.82) is 0 Å². The lowest BCUT2D eigenvalue weighted by molar-refractivity contribution is -0.131. The molecule has 0 radical (unpaired) electrons. The lowest BCUT2D eigenvalue weighted by Gasteiger charge is -2.28. The van der Waals surface area contributed by atoms with Crippen molar-refractivity contribution in [2.24, 2.45) is 0 Å². The highest BCUT2D eigenvalue weighted by Crippen LogP contribution is 2.40. The topological polar surface area (TPSA) is 96.3 Å². The number of rotatable bonds is 8. The molecule has 9 nitrogen and oxygen atoms in total. The maximum absolute atomic E-state index is 16.6. The zero-order valence-electron chi connectivity index (χ0n) is 25.7. The van der Waals surface area contributed by atoms with Crippen molar-refractivity contribution in [3.05, 3.63) is 108 Å². The Balaban J connectivity index is 1.23. The van der Waals surface area contributed by atoms with E-state index in [-0.39, 0.29) is 36.2 Å². The number of carbonyl (C=O) groups is 2.